The Morgan fingerprint density at radius 3 is 2.40 bits per heavy atom. The van der Waals surface area contributed by atoms with Crippen LogP contribution in [0.3, 0.4) is 0 Å². The first-order chi connectivity index (χ1) is 14.0. The number of amides is 1. The van der Waals surface area contributed by atoms with Gasteiger partial charge in [0.2, 0.25) is 15.9 Å². The molecule has 0 unspecified atom stereocenters. The molecule has 1 heterocycles. The minimum Gasteiger partial charge on any atom is -0.326 e. The Morgan fingerprint density at radius 2 is 1.77 bits per heavy atom. The van der Waals surface area contributed by atoms with Crippen LogP contribution in [-0.4, -0.2) is 31.7 Å². The zero-order valence-corrected chi connectivity index (χ0v) is 17.7. The number of rotatable bonds is 4. The molecule has 5 nitrogen and oxygen atoms in total. The molecular formula is C19H17Cl2F3N2O3S. The van der Waals surface area contributed by atoms with Gasteiger partial charge in [-0.3, -0.25) is 4.79 Å². The van der Waals surface area contributed by atoms with E-state index in [1.807, 2.05) is 0 Å². The molecule has 2 aromatic rings. The Balaban J connectivity index is 1.74. The summed E-state index contributed by atoms with van der Waals surface area (Å²) in [7, 11) is -3.82. The van der Waals surface area contributed by atoms with Gasteiger partial charge in [0.15, 0.2) is 0 Å². The van der Waals surface area contributed by atoms with Crippen molar-refractivity contribution in [2.45, 2.75) is 23.9 Å². The minimum atomic E-state index is -4.66. The van der Waals surface area contributed by atoms with E-state index in [1.54, 1.807) is 0 Å². The van der Waals surface area contributed by atoms with E-state index in [4.69, 9.17) is 23.2 Å². The predicted molar refractivity (Wildman–Crippen MR) is 108 cm³/mol. The van der Waals surface area contributed by atoms with Gasteiger partial charge in [0, 0.05) is 23.8 Å². The molecule has 162 valence electrons. The lowest BCUT2D eigenvalue weighted by Gasteiger charge is -2.31. The maximum absolute atomic E-state index is 13.0. The van der Waals surface area contributed by atoms with Crippen molar-refractivity contribution in [3.63, 3.8) is 0 Å². The molecule has 0 aromatic heterocycles. The lowest BCUT2D eigenvalue weighted by molar-refractivity contribution is -0.137. The first-order valence-corrected chi connectivity index (χ1v) is 11.1. The second-order valence-corrected chi connectivity index (χ2v) is 9.62. The highest BCUT2D eigenvalue weighted by Crippen LogP contribution is 2.36. The number of piperidine rings is 1. The first-order valence-electron chi connectivity index (χ1n) is 8.92. The molecule has 11 heteroatoms. The summed E-state index contributed by atoms with van der Waals surface area (Å²) in [6, 6.07) is 8.76. The standard InChI is InChI=1S/C19H17Cl2F3N2O3S/c20-13-3-6-15(7-4-13)30(28,29)26-9-1-2-12(11-26)18(27)25-14-5-8-17(21)16(10-14)19(22,23)24/h3-8,10,12H,1-2,9,11H2,(H,25,27)/t12-/m1/s1. The van der Waals surface area contributed by atoms with Gasteiger partial charge in [-0.2, -0.15) is 17.5 Å². The van der Waals surface area contributed by atoms with Crippen molar-refractivity contribution >= 4 is 44.8 Å². The molecule has 2 aromatic carbocycles. The number of carbonyl (C=O) groups excluding carboxylic acids is 1. The third-order valence-corrected chi connectivity index (χ3v) is 7.21. The quantitative estimate of drug-likeness (QED) is 0.665. The van der Waals surface area contributed by atoms with E-state index in [1.165, 1.54) is 34.6 Å². The molecule has 0 spiro atoms. The van der Waals surface area contributed by atoms with Crippen molar-refractivity contribution in [2.24, 2.45) is 5.92 Å². The molecular weight excluding hydrogens is 464 g/mol. The van der Waals surface area contributed by atoms with Crippen molar-refractivity contribution in [3.8, 4) is 0 Å². The molecule has 0 aliphatic carbocycles. The lowest BCUT2D eigenvalue weighted by atomic mass is 9.98. The van der Waals surface area contributed by atoms with Gasteiger partial charge in [-0.25, -0.2) is 8.42 Å². The maximum atomic E-state index is 13.0. The molecule has 1 aliphatic heterocycles. The summed E-state index contributed by atoms with van der Waals surface area (Å²) in [6.45, 7) is 0.171. The van der Waals surface area contributed by atoms with Crippen LogP contribution in [0.1, 0.15) is 18.4 Å². The summed E-state index contributed by atoms with van der Waals surface area (Å²) in [4.78, 5) is 12.7. The highest BCUT2D eigenvalue weighted by molar-refractivity contribution is 7.89. The molecule has 1 saturated heterocycles. The molecule has 1 amide bonds. The topological polar surface area (TPSA) is 66.5 Å². The monoisotopic (exact) mass is 480 g/mol. The SMILES string of the molecule is O=C(Nc1ccc(Cl)c(C(F)(F)F)c1)[C@@H]1CCCN(S(=O)(=O)c2ccc(Cl)cc2)C1. The summed E-state index contributed by atoms with van der Waals surface area (Å²) in [6.07, 6.45) is -3.80. The van der Waals surface area contributed by atoms with Crippen LogP contribution in [0.4, 0.5) is 18.9 Å². The Bertz CT molecular complexity index is 1040. The number of hydrogen-bond donors (Lipinski definition) is 1. The summed E-state index contributed by atoms with van der Waals surface area (Å²) in [5.41, 5.74) is -1.12. The van der Waals surface area contributed by atoms with E-state index in [-0.39, 0.29) is 23.7 Å². The Kier molecular flexibility index (Phi) is 6.66. The number of hydrogen-bond acceptors (Lipinski definition) is 3. The van der Waals surface area contributed by atoms with E-state index in [0.717, 1.165) is 12.1 Å². The van der Waals surface area contributed by atoms with Gasteiger partial charge in [-0.05, 0) is 55.3 Å². The Labute approximate surface area is 181 Å². The van der Waals surface area contributed by atoms with Crippen LogP contribution >= 0.6 is 23.2 Å². The average molecular weight is 481 g/mol. The fraction of sp³-hybridized carbons (Fsp3) is 0.316. The highest BCUT2D eigenvalue weighted by Gasteiger charge is 2.35. The zero-order valence-electron chi connectivity index (χ0n) is 15.4. The number of nitrogens with zero attached hydrogens (tertiary/aromatic N) is 1. The Morgan fingerprint density at radius 1 is 1.10 bits per heavy atom. The fourth-order valence-corrected chi connectivity index (χ4v) is 5.07. The highest BCUT2D eigenvalue weighted by atomic mass is 35.5. The second kappa shape index (κ2) is 8.74. The van der Waals surface area contributed by atoms with Crippen LogP contribution in [0.15, 0.2) is 47.4 Å². The fourth-order valence-electron chi connectivity index (χ4n) is 3.19. The number of sulfonamides is 1. The van der Waals surface area contributed by atoms with E-state index in [0.29, 0.717) is 17.9 Å². The normalized spacial score (nSPS) is 18.2. The Hall–Kier alpha value is -1.81. The van der Waals surface area contributed by atoms with E-state index < -0.39 is 38.6 Å². The van der Waals surface area contributed by atoms with Crippen LogP contribution in [-0.2, 0) is 21.0 Å². The molecule has 1 fully saturated rings. The van der Waals surface area contributed by atoms with Gasteiger partial charge < -0.3 is 5.32 Å². The number of carbonyl (C=O) groups is 1. The van der Waals surface area contributed by atoms with Gasteiger partial charge in [-0.15, -0.1) is 0 Å². The molecule has 1 N–H and O–H groups in total. The van der Waals surface area contributed by atoms with E-state index in [9.17, 15) is 26.4 Å². The van der Waals surface area contributed by atoms with E-state index >= 15 is 0 Å². The molecule has 0 saturated carbocycles. The molecule has 30 heavy (non-hydrogen) atoms. The zero-order chi connectivity index (χ0) is 22.1. The molecule has 1 aliphatic rings. The van der Waals surface area contributed by atoms with Crippen molar-refractivity contribution in [1.82, 2.24) is 4.31 Å². The largest absolute Gasteiger partial charge is 0.417 e. The van der Waals surface area contributed by atoms with Gasteiger partial charge >= 0.3 is 6.18 Å². The molecule has 0 bridgehead atoms. The van der Waals surface area contributed by atoms with Crippen molar-refractivity contribution in [2.75, 3.05) is 18.4 Å². The number of anilines is 1. The van der Waals surface area contributed by atoms with E-state index in [2.05, 4.69) is 5.32 Å². The molecule has 0 radical (unpaired) electrons. The van der Waals surface area contributed by atoms with Gasteiger partial charge in [0.05, 0.1) is 21.4 Å². The second-order valence-electron chi connectivity index (χ2n) is 6.84. The third-order valence-electron chi connectivity index (χ3n) is 4.75. The smallest absolute Gasteiger partial charge is 0.326 e. The molecule has 1 atom stereocenters. The van der Waals surface area contributed by atoms with Crippen molar-refractivity contribution < 1.29 is 26.4 Å². The van der Waals surface area contributed by atoms with Crippen LogP contribution in [0.5, 0.6) is 0 Å². The van der Waals surface area contributed by atoms with Gasteiger partial charge in [0.25, 0.3) is 0 Å². The average Bonchev–Trinajstić information content (AvgIpc) is 2.69. The minimum absolute atomic E-state index is 0.0560. The maximum Gasteiger partial charge on any atom is 0.417 e. The first kappa shape index (κ1) is 22.9. The number of benzene rings is 2. The lowest BCUT2D eigenvalue weighted by Crippen LogP contribution is -2.43. The number of alkyl halides is 3. The number of halogens is 5. The number of nitrogens with one attached hydrogen (secondary N) is 1. The van der Waals surface area contributed by atoms with Crippen molar-refractivity contribution in [3.05, 3.63) is 58.1 Å². The van der Waals surface area contributed by atoms with Crippen molar-refractivity contribution in [1.29, 1.82) is 0 Å². The predicted octanol–water partition coefficient (Wildman–Crippen LogP) is 5.05. The summed E-state index contributed by atoms with van der Waals surface area (Å²) in [5.74, 6) is -1.26. The summed E-state index contributed by atoms with van der Waals surface area (Å²) < 4.78 is 65.9. The van der Waals surface area contributed by atoms with Gasteiger partial charge in [-0.1, -0.05) is 23.2 Å². The van der Waals surface area contributed by atoms with Crippen LogP contribution in [0.2, 0.25) is 10.0 Å². The van der Waals surface area contributed by atoms with Crippen LogP contribution < -0.4 is 5.32 Å². The third kappa shape index (κ3) is 5.08. The van der Waals surface area contributed by atoms with Crippen LogP contribution in [0, 0.1) is 5.92 Å². The summed E-state index contributed by atoms with van der Waals surface area (Å²) in [5, 5.41) is 2.35. The van der Waals surface area contributed by atoms with Crippen LogP contribution in [0.25, 0.3) is 0 Å². The summed E-state index contributed by atoms with van der Waals surface area (Å²) >= 11 is 11.4. The molecule has 3 rings (SSSR count). The van der Waals surface area contributed by atoms with Gasteiger partial charge in [0.1, 0.15) is 0 Å².